The van der Waals surface area contributed by atoms with Crippen LogP contribution in [0.4, 0.5) is 0 Å². The van der Waals surface area contributed by atoms with Crippen molar-refractivity contribution in [3.05, 3.63) is 47.5 Å². The van der Waals surface area contributed by atoms with E-state index in [9.17, 15) is 0 Å². The van der Waals surface area contributed by atoms with Crippen LogP contribution in [0.2, 0.25) is 0 Å². The normalized spacial score (nSPS) is 13.0. The Morgan fingerprint density at radius 1 is 0.591 bits per heavy atom. The number of para-hydroxylation sites is 2. The summed E-state index contributed by atoms with van der Waals surface area (Å²) in [5, 5.41) is 0. The van der Waals surface area contributed by atoms with Crippen LogP contribution in [0.25, 0.3) is 22.1 Å². The van der Waals surface area contributed by atoms with Crippen LogP contribution in [0, 0.1) is 0 Å². The van der Waals surface area contributed by atoms with Crippen LogP contribution in [-0.2, 0) is 10.8 Å². The number of rotatable bonds is 0. The summed E-state index contributed by atoms with van der Waals surface area (Å²) in [5.74, 6) is 0. The molecule has 0 amide bonds. The van der Waals surface area contributed by atoms with E-state index in [2.05, 4.69) is 53.7 Å². The van der Waals surface area contributed by atoms with Gasteiger partial charge in [-0.05, 0) is 34.1 Å². The molecule has 22 heavy (non-hydrogen) atoms. The van der Waals surface area contributed by atoms with Crippen LogP contribution in [0.15, 0.2) is 36.4 Å². The maximum atomic E-state index is 4.96. The third kappa shape index (κ3) is 2.47. The Labute approximate surface area is 132 Å². The molecule has 1 heterocycles. The number of hydrogen-bond acceptors (Lipinski definition) is 2. The lowest BCUT2D eigenvalue weighted by Gasteiger charge is -2.25. The molecule has 0 bridgehead atoms. The monoisotopic (exact) mass is 292 g/mol. The molecule has 0 aliphatic rings. The van der Waals surface area contributed by atoms with Crippen LogP contribution in [0.3, 0.4) is 0 Å². The van der Waals surface area contributed by atoms with E-state index in [1.54, 1.807) is 0 Å². The molecule has 0 spiro atoms. The summed E-state index contributed by atoms with van der Waals surface area (Å²) >= 11 is 0. The molecule has 0 aliphatic carbocycles. The molecule has 0 N–H and O–H groups in total. The van der Waals surface area contributed by atoms with E-state index in [0.717, 1.165) is 22.1 Å². The van der Waals surface area contributed by atoms with Gasteiger partial charge in [0.15, 0.2) is 0 Å². The fourth-order valence-corrected chi connectivity index (χ4v) is 2.91. The van der Waals surface area contributed by atoms with Crippen molar-refractivity contribution < 1.29 is 0 Å². The topological polar surface area (TPSA) is 25.8 Å². The van der Waals surface area contributed by atoms with Gasteiger partial charge in [-0.15, -0.1) is 0 Å². The van der Waals surface area contributed by atoms with Gasteiger partial charge >= 0.3 is 0 Å². The minimum atomic E-state index is 0.0474. The molecular weight excluding hydrogens is 268 g/mol. The van der Waals surface area contributed by atoms with Crippen molar-refractivity contribution in [3.63, 3.8) is 0 Å². The van der Waals surface area contributed by atoms with Crippen molar-refractivity contribution >= 4 is 22.1 Å². The minimum absolute atomic E-state index is 0.0474. The van der Waals surface area contributed by atoms with E-state index in [1.165, 1.54) is 11.1 Å². The first-order valence-electron chi connectivity index (χ1n) is 7.88. The van der Waals surface area contributed by atoms with Crippen molar-refractivity contribution in [2.24, 2.45) is 0 Å². The first-order chi connectivity index (χ1) is 10.2. The van der Waals surface area contributed by atoms with Gasteiger partial charge in [-0.2, -0.15) is 0 Å². The zero-order valence-electron chi connectivity index (χ0n) is 14.4. The minimum Gasteiger partial charge on any atom is -0.244 e. The van der Waals surface area contributed by atoms with Gasteiger partial charge in [-0.25, -0.2) is 9.97 Å². The quantitative estimate of drug-likeness (QED) is 0.520. The van der Waals surface area contributed by atoms with Crippen LogP contribution < -0.4 is 0 Å². The van der Waals surface area contributed by atoms with Gasteiger partial charge in [-0.3, -0.25) is 0 Å². The van der Waals surface area contributed by atoms with Crippen molar-refractivity contribution in [2.45, 2.75) is 52.4 Å². The van der Waals surface area contributed by atoms with Crippen LogP contribution in [0.1, 0.15) is 52.7 Å². The van der Waals surface area contributed by atoms with Gasteiger partial charge in [0.1, 0.15) is 0 Å². The number of benzene rings is 2. The van der Waals surface area contributed by atoms with Crippen LogP contribution >= 0.6 is 0 Å². The summed E-state index contributed by atoms with van der Waals surface area (Å²) in [5.41, 5.74) is 6.62. The summed E-state index contributed by atoms with van der Waals surface area (Å²) < 4.78 is 0. The zero-order chi connectivity index (χ0) is 16.1. The standard InChI is InChI=1S/C20H24N2/c1-19(2,3)13-11-12-14(20(4,5)6)18-17(13)21-15-9-7-8-10-16(15)22-18/h7-12H,1-6H3. The molecule has 2 aromatic carbocycles. The summed E-state index contributed by atoms with van der Waals surface area (Å²) in [6.45, 7) is 13.4. The summed E-state index contributed by atoms with van der Waals surface area (Å²) in [7, 11) is 0. The molecule has 1 aromatic heterocycles. The van der Waals surface area contributed by atoms with Crippen LogP contribution in [0.5, 0.6) is 0 Å². The summed E-state index contributed by atoms with van der Waals surface area (Å²) in [6.07, 6.45) is 0. The summed E-state index contributed by atoms with van der Waals surface area (Å²) in [6, 6.07) is 12.6. The fraction of sp³-hybridized carbons (Fsp3) is 0.400. The number of hydrogen-bond donors (Lipinski definition) is 0. The molecule has 0 aliphatic heterocycles. The second-order valence-corrected chi connectivity index (χ2v) is 8.07. The predicted molar refractivity (Wildman–Crippen MR) is 94.4 cm³/mol. The van der Waals surface area contributed by atoms with Crippen molar-refractivity contribution in [3.8, 4) is 0 Å². The molecule has 0 unspecified atom stereocenters. The van der Waals surface area contributed by atoms with Gasteiger partial charge in [0, 0.05) is 0 Å². The molecule has 3 rings (SSSR count). The van der Waals surface area contributed by atoms with Gasteiger partial charge in [-0.1, -0.05) is 65.8 Å². The average Bonchev–Trinajstić information content (AvgIpc) is 2.41. The first kappa shape index (κ1) is 15.0. The highest BCUT2D eigenvalue weighted by molar-refractivity contribution is 5.90. The largest absolute Gasteiger partial charge is 0.244 e. The smallest absolute Gasteiger partial charge is 0.0934 e. The Hall–Kier alpha value is -1.96. The lowest BCUT2D eigenvalue weighted by Crippen LogP contribution is -2.17. The molecule has 0 fully saturated rings. The first-order valence-corrected chi connectivity index (χ1v) is 7.88. The van der Waals surface area contributed by atoms with E-state index in [-0.39, 0.29) is 10.8 Å². The third-order valence-electron chi connectivity index (χ3n) is 4.11. The maximum Gasteiger partial charge on any atom is 0.0934 e. The lowest BCUT2D eigenvalue weighted by molar-refractivity contribution is 0.583. The Balaban J connectivity index is 2.49. The van der Waals surface area contributed by atoms with Gasteiger partial charge in [0.25, 0.3) is 0 Å². The number of fused-ring (bicyclic) bond motifs is 2. The molecule has 0 saturated heterocycles. The lowest BCUT2D eigenvalue weighted by atomic mass is 9.80. The zero-order valence-corrected chi connectivity index (χ0v) is 14.4. The van der Waals surface area contributed by atoms with Gasteiger partial charge < -0.3 is 0 Å². The number of aromatic nitrogens is 2. The van der Waals surface area contributed by atoms with Gasteiger partial charge in [0.05, 0.1) is 22.1 Å². The molecular formula is C20H24N2. The molecule has 3 aromatic rings. The fourth-order valence-electron chi connectivity index (χ4n) is 2.91. The van der Waals surface area contributed by atoms with E-state index in [4.69, 9.17) is 9.97 Å². The Morgan fingerprint density at radius 3 is 1.27 bits per heavy atom. The van der Waals surface area contributed by atoms with Crippen molar-refractivity contribution in [2.75, 3.05) is 0 Å². The molecule has 114 valence electrons. The van der Waals surface area contributed by atoms with E-state index in [1.807, 2.05) is 24.3 Å². The van der Waals surface area contributed by atoms with E-state index < -0.39 is 0 Å². The predicted octanol–water partition coefficient (Wildman–Crippen LogP) is 5.38. The second-order valence-electron chi connectivity index (χ2n) is 8.07. The molecule has 0 saturated carbocycles. The van der Waals surface area contributed by atoms with E-state index in [0.29, 0.717) is 0 Å². The highest BCUT2D eigenvalue weighted by Crippen LogP contribution is 2.35. The Kier molecular flexibility index (Phi) is 3.24. The SMILES string of the molecule is CC(C)(C)c1ccc(C(C)(C)C)c2nc3ccccc3nc12. The molecule has 2 nitrogen and oxygen atoms in total. The highest BCUT2D eigenvalue weighted by Gasteiger charge is 2.24. The van der Waals surface area contributed by atoms with Crippen LogP contribution in [-0.4, -0.2) is 9.97 Å². The third-order valence-corrected chi connectivity index (χ3v) is 4.11. The van der Waals surface area contributed by atoms with E-state index >= 15 is 0 Å². The molecule has 2 heteroatoms. The summed E-state index contributed by atoms with van der Waals surface area (Å²) in [4.78, 5) is 9.91. The number of nitrogens with zero attached hydrogens (tertiary/aromatic N) is 2. The van der Waals surface area contributed by atoms with Gasteiger partial charge in [0.2, 0.25) is 0 Å². The van der Waals surface area contributed by atoms with Crippen molar-refractivity contribution in [1.29, 1.82) is 0 Å². The van der Waals surface area contributed by atoms with Crippen molar-refractivity contribution in [1.82, 2.24) is 9.97 Å². The average molecular weight is 292 g/mol. The Bertz CT molecular complexity index is 777. The maximum absolute atomic E-state index is 4.96. The highest BCUT2D eigenvalue weighted by atomic mass is 14.8. The Morgan fingerprint density at radius 2 is 0.955 bits per heavy atom. The molecule has 0 radical (unpaired) electrons. The second kappa shape index (κ2) is 4.77. The molecule has 0 atom stereocenters.